The first-order chi connectivity index (χ1) is 9.27. The predicted octanol–water partition coefficient (Wildman–Crippen LogP) is 2.92. The highest BCUT2D eigenvalue weighted by Gasteiger charge is 2.15. The van der Waals surface area contributed by atoms with E-state index in [0.717, 1.165) is 12.1 Å². The summed E-state index contributed by atoms with van der Waals surface area (Å²) in [5.41, 5.74) is 0.772. The van der Waals surface area contributed by atoms with Crippen LogP contribution in [0.4, 0.5) is 0 Å². The molecule has 0 aliphatic heterocycles. The first kappa shape index (κ1) is 14.8. The number of hydrogen-bond donors (Lipinski definition) is 2. The van der Waals surface area contributed by atoms with E-state index in [1.165, 1.54) is 25.7 Å². The van der Waals surface area contributed by atoms with E-state index in [1.807, 2.05) is 18.2 Å². The molecule has 1 aromatic rings. The molecule has 1 unspecified atom stereocenters. The largest absolute Gasteiger partial charge is 0.387 e. The van der Waals surface area contributed by atoms with Gasteiger partial charge in [-0.05, 0) is 18.9 Å². The Morgan fingerprint density at radius 1 is 1.32 bits per heavy atom. The first-order valence-electron chi connectivity index (χ1n) is 7.02. The maximum absolute atomic E-state index is 10.0. The molecule has 0 spiro atoms. The number of ether oxygens (including phenoxy) is 1. The van der Waals surface area contributed by atoms with Gasteiger partial charge in [0.15, 0.2) is 0 Å². The molecule has 2 N–H and O–H groups in total. The zero-order valence-corrected chi connectivity index (χ0v) is 11.9. The summed E-state index contributed by atoms with van der Waals surface area (Å²) < 4.78 is 5.74. The Kier molecular flexibility index (Phi) is 6.11. The maximum Gasteiger partial charge on any atom is 0.0928 e. The lowest BCUT2D eigenvalue weighted by atomic mass is 10.1. The summed E-state index contributed by atoms with van der Waals surface area (Å²) >= 11 is 6.03. The van der Waals surface area contributed by atoms with E-state index in [2.05, 4.69) is 5.32 Å². The summed E-state index contributed by atoms with van der Waals surface area (Å²) in [4.78, 5) is 0. The lowest BCUT2D eigenvalue weighted by Gasteiger charge is -2.15. The number of aliphatic hydroxyl groups is 1. The molecule has 19 heavy (non-hydrogen) atoms. The Morgan fingerprint density at radius 2 is 2.05 bits per heavy atom. The molecule has 1 aliphatic rings. The highest BCUT2D eigenvalue weighted by Crippen LogP contribution is 2.22. The molecule has 0 heterocycles. The molecule has 0 amide bonds. The van der Waals surface area contributed by atoms with E-state index in [-0.39, 0.29) is 0 Å². The topological polar surface area (TPSA) is 41.5 Å². The van der Waals surface area contributed by atoms with Crippen LogP contribution in [0.15, 0.2) is 24.3 Å². The van der Waals surface area contributed by atoms with Crippen LogP contribution in [-0.2, 0) is 4.74 Å². The Morgan fingerprint density at radius 3 is 2.79 bits per heavy atom. The second kappa shape index (κ2) is 7.85. The molecule has 1 saturated carbocycles. The molecule has 1 atom stereocenters. The van der Waals surface area contributed by atoms with Crippen LogP contribution in [0.3, 0.4) is 0 Å². The Hall–Kier alpha value is -0.610. The second-order valence-corrected chi connectivity index (χ2v) is 5.43. The summed E-state index contributed by atoms with van der Waals surface area (Å²) in [6.45, 7) is 1.97. The maximum atomic E-state index is 10.0. The Bertz CT molecular complexity index is 380. The number of benzene rings is 1. The highest BCUT2D eigenvalue weighted by molar-refractivity contribution is 6.31. The smallest absolute Gasteiger partial charge is 0.0928 e. The molecule has 0 radical (unpaired) electrons. The third-order valence-electron chi connectivity index (χ3n) is 3.54. The van der Waals surface area contributed by atoms with Gasteiger partial charge in [-0.15, -0.1) is 0 Å². The van der Waals surface area contributed by atoms with E-state index in [9.17, 15) is 5.11 Å². The number of hydrogen-bond acceptors (Lipinski definition) is 3. The summed E-state index contributed by atoms with van der Waals surface area (Å²) in [7, 11) is 0. The van der Waals surface area contributed by atoms with Crippen molar-refractivity contribution in [2.45, 2.75) is 37.9 Å². The van der Waals surface area contributed by atoms with Crippen LogP contribution in [0.2, 0.25) is 5.02 Å². The molecule has 3 nitrogen and oxygen atoms in total. The lowest BCUT2D eigenvalue weighted by molar-refractivity contribution is 0.0585. The molecule has 0 bridgehead atoms. The van der Waals surface area contributed by atoms with Crippen molar-refractivity contribution in [2.75, 3.05) is 19.7 Å². The quantitative estimate of drug-likeness (QED) is 0.756. The summed E-state index contributed by atoms with van der Waals surface area (Å²) in [6.07, 6.45) is 4.87. The van der Waals surface area contributed by atoms with Gasteiger partial charge in [0, 0.05) is 23.7 Å². The van der Waals surface area contributed by atoms with Crippen LogP contribution < -0.4 is 5.32 Å². The fraction of sp³-hybridized carbons (Fsp3) is 0.600. The molecule has 2 rings (SSSR count). The molecule has 1 aliphatic carbocycles. The van der Waals surface area contributed by atoms with Crippen LogP contribution >= 0.6 is 11.6 Å². The minimum Gasteiger partial charge on any atom is -0.387 e. The third-order valence-corrected chi connectivity index (χ3v) is 3.88. The number of rotatable bonds is 7. The van der Waals surface area contributed by atoms with Gasteiger partial charge < -0.3 is 15.2 Å². The second-order valence-electron chi connectivity index (χ2n) is 5.02. The average molecular weight is 284 g/mol. The number of nitrogens with one attached hydrogen (secondary N) is 1. The van der Waals surface area contributed by atoms with Crippen molar-refractivity contribution >= 4 is 11.6 Å². The summed E-state index contributed by atoms with van der Waals surface area (Å²) in [6, 6.07) is 7.39. The Labute approximate surface area is 119 Å². The lowest BCUT2D eigenvalue weighted by Crippen LogP contribution is -2.26. The van der Waals surface area contributed by atoms with Crippen LogP contribution in [0.1, 0.15) is 37.4 Å². The zero-order chi connectivity index (χ0) is 13.5. The number of halogens is 1. The summed E-state index contributed by atoms with van der Waals surface area (Å²) in [5, 5.41) is 13.8. The fourth-order valence-corrected chi connectivity index (χ4v) is 2.71. The molecule has 1 fully saturated rings. The van der Waals surface area contributed by atoms with Gasteiger partial charge in [-0.2, -0.15) is 0 Å². The fourth-order valence-electron chi connectivity index (χ4n) is 2.45. The van der Waals surface area contributed by atoms with Crippen LogP contribution in [0.5, 0.6) is 0 Å². The van der Waals surface area contributed by atoms with Crippen molar-refractivity contribution in [2.24, 2.45) is 0 Å². The SMILES string of the molecule is OC(CNCCOC1CCCC1)c1ccccc1Cl. The molecule has 4 heteroatoms. The van der Waals surface area contributed by atoms with Crippen molar-refractivity contribution in [1.82, 2.24) is 5.32 Å². The molecular formula is C15H22ClNO2. The van der Waals surface area contributed by atoms with Gasteiger partial charge >= 0.3 is 0 Å². The van der Waals surface area contributed by atoms with Crippen LogP contribution in [-0.4, -0.2) is 30.9 Å². The van der Waals surface area contributed by atoms with Crippen molar-refractivity contribution in [3.63, 3.8) is 0 Å². The predicted molar refractivity (Wildman–Crippen MR) is 77.5 cm³/mol. The van der Waals surface area contributed by atoms with Gasteiger partial charge in [0.1, 0.15) is 0 Å². The molecular weight excluding hydrogens is 262 g/mol. The zero-order valence-electron chi connectivity index (χ0n) is 11.1. The van der Waals surface area contributed by atoms with Gasteiger partial charge in [-0.1, -0.05) is 42.6 Å². The average Bonchev–Trinajstić information content (AvgIpc) is 2.92. The van der Waals surface area contributed by atoms with Gasteiger partial charge in [0.2, 0.25) is 0 Å². The van der Waals surface area contributed by atoms with Crippen molar-refractivity contribution < 1.29 is 9.84 Å². The van der Waals surface area contributed by atoms with Crippen molar-refractivity contribution in [3.8, 4) is 0 Å². The van der Waals surface area contributed by atoms with Gasteiger partial charge in [0.25, 0.3) is 0 Å². The highest BCUT2D eigenvalue weighted by atomic mass is 35.5. The van der Waals surface area contributed by atoms with E-state index in [0.29, 0.717) is 24.3 Å². The van der Waals surface area contributed by atoms with E-state index in [4.69, 9.17) is 16.3 Å². The summed E-state index contributed by atoms with van der Waals surface area (Å²) in [5.74, 6) is 0. The molecule has 0 aromatic heterocycles. The minimum atomic E-state index is -0.569. The monoisotopic (exact) mass is 283 g/mol. The molecule has 1 aromatic carbocycles. The third kappa shape index (κ3) is 4.77. The van der Waals surface area contributed by atoms with Gasteiger partial charge in [0.05, 0.1) is 18.8 Å². The van der Waals surface area contributed by atoms with Crippen molar-refractivity contribution in [1.29, 1.82) is 0 Å². The van der Waals surface area contributed by atoms with E-state index >= 15 is 0 Å². The standard InChI is InChI=1S/C15H22ClNO2/c16-14-8-4-3-7-13(14)15(18)11-17-9-10-19-12-5-1-2-6-12/h3-4,7-8,12,15,17-18H,1-2,5-6,9-11H2. The number of aliphatic hydroxyl groups excluding tert-OH is 1. The van der Waals surface area contributed by atoms with Gasteiger partial charge in [-0.25, -0.2) is 0 Å². The van der Waals surface area contributed by atoms with E-state index in [1.54, 1.807) is 6.07 Å². The van der Waals surface area contributed by atoms with Crippen LogP contribution in [0, 0.1) is 0 Å². The van der Waals surface area contributed by atoms with Gasteiger partial charge in [-0.3, -0.25) is 0 Å². The van der Waals surface area contributed by atoms with Crippen LogP contribution in [0.25, 0.3) is 0 Å². The minimum absolute atomic E-state index is 0.454. The molecule has 0 saturated heterocycles. The first-order valence-corrected chi connectivity index (χ1v) is 7.40. The van der Waals surface area contributed by atoms with Crippen molar-refractivity contribution in [3.05, 3.63) is 34.9 Å². The normalized spacial score (nSPS) is 17.8. The molecule has 106 valence electrons. The van der Waals surface area contributed by atoms with E-state index < -0.39 is 6.10 Å². The Balaban J connectivity index is 1.61.